The van der Waals surface area contributed by atoms with Crippen LogP contribution in [-0.2, 0) is 16.1 Å². The highest BCUT2D eigenvalue weighted by molar-refractivity contribution is 6.30. The summed E-state index contributed by atoms with van der Waals surface area (Å²) in [5.41, 5.74) is 1.06. The number of esters is 1. The maximum atomic E-state index is 11.8. The fraction of sp³-hybridized carbons (Fsp3) is 0.176. The van der Waals surface area contributed by atoms with Crippen molar-refractivity contribution >= 4 is 29.2 Å². The maximum Gasteiger partial charge on any atom is 0.307 e. The molecule has 1 amide bonds. The largest absolute Gasteiger partial charge is 0.461 e. The van der Waals surface area contributed by atoms with Crippen LogP contribution in [0.3, 0.4) is 0 Å². The van der Waals surface area contributed by atoms with Gasteiger partial charge in [0.2, 0.25) is 0 Å². The summed E-state index contributed by atoms with van der Waals surface area (Å²) >= 11 is 5.75. The van der Waals surface area contributed by atoms with Crippen LogP contribution in [0.4, 0.5) is 5.69 Å². The lowest BCUT2D eigenvalue weighted by Crippen LogP contribution is -2.26. The van der Waals surface area contributed by atoms with Crippen molar-refractivity contribution in [2.75, 3.05) is 6.54 Å². The van der Waals surface area contributed by atoms with Crippen molar-refractivity contribution in [1.82, 2.24) is 5.32 Å². The van der Waals surface area contributed by atoms with Gasteiger partial charge in [-0.3, -0.25) is 19.7 Å². The number of non-ortho nitro benzene ring substituents is 1. The van der Waals surface area contributed by atoms with Crippen molar-refractivity contribution in [3.8, 4) is 0 Å². The number of hydrogen-bond donors (Lipinski definition) is 1. The number of ether oxygens (including phenoxy) is 1. The van der Waals surface area contributed by atoms with E-state index in [1.54, 1.807) is 24.3 Å². The molecule has 0 atom stereocenters. The number of benzene rings is 2. The van der Waals surface area contributed by atoms with E-state index in [9.17, 15) is 19.7 Å². The second kappa shape index (κ2) is 8.79. The summed E-state index contributed by atoms with van der Waals surface area (Å²) in [4.78, 5) is 33.5. The van der Waals surface area contributed by atoms with Gasteiger partial charge in [0.15, 0.2) is 0 Å². The zero-order valence-corrected chi connectivity index (χ0v) is 13.9. The van der Waals surface area contributed by atoms with Gasteiger partial charge < -0.3 is 10.1 Å². The van der Waals surface area contributed by atoms with Gasteiger partial charge in [-0.25, -0.2) is 0 Å². The van der Waals surface area contributed by atoms with E-state index in [0.29, 0.717) is 16.1 Å². The molecule has 0 aliphatic heterocycles. The van der Waals surface area contributed by atoms with Gasteiger partial charge in [0.25, 0.3) is 11.6 Å². The molecule has 0 heterocycles. The first-order valence-corrected chi connectivity index (χ1v) is 7.76. The Labute approximate surface area is 148 Å². The van der Waals surface area contributed by atoms with E-state index in [4.69, 9.17) is 16.3 Å². The second-order valence-corrected chi connectivity index (χ2v) is 5.53. The number of carbonyl (C=O) groups is 2. The molecule has 2 rings (SSSR count). The van der Waals surface area contributed by atoms with Crippen LogP contribution in [0.25, 0.3) is 0 Å². The van der Waals surface area contributed by atoms with E-state index in [1.807, 2.05) is 0 Å². The van der Waals surface area contributed by atoms with Crippen LogP contribution < -0.4 is 5.32 Å². The van der Waals surface area contributed by atoms with Gasteiger partial charge in [0.05, 0.1) is 11.3 Å². The summed E-state index contributed by atoms with van der Waals surface area (Å²) in [6.45, 7) is 0.155. The van der Waals surface area contributed by atoms with E-state index >= 15 is 0 Å². The molecule has 7 nitrogen and oxygen atoms in total. The summed E-state index contributed by atoms with van der Waals surface area (Å²) in [5, 5.41) is 13.7. The fourth-order valence-corrected chi connectivity index (χ4v) is 2.06. The molecule has 8 heteroatoms. The SMILES string of the molecule is O=C(CCNC(=O)c1ccc(Cl)cc1)OCc1ccc([N+](=O)[O-])cc1. The Balaban J connectivity index is 1.70. The number of nitrogens with one attached hydrogen (secondary N) is 1. The Kier molecular flexibility index (Phi) is 6.47. The van der Waals surface area contributed by atoms with Gasteiger partial charge >= 0.3 is 5.97 Å². The third kappa shape index (κ3) is 5.89. The molecule has 2 aromatic carbocycles. The van der Waals surface area contributed by atoms with Crippen molar-refractivity contribution in [1.29, 1.82) is 0 Å². The van der Waals surface area contributed by atoms with Gasteiger partial charge in [-0.05, 0) is 42.0 Å². The predicted octanol–water partition coefficient (Wildman–Crippen LogP) is 3.11. The summed E-state index contributed by atoms with van der Waals surface area (Å²) in [6, 6.07) is 12.1. The molecule has 0 spiro atoms. The van der Waals surface area contributed by atoms with Gasteiger partial charge in [0, 0.05) is 29.3 Å². The van der Waals surface area contributed by atoms with Crippen LogP contribution in [0.15, 0.2) is 48.5 Å². The van der Waals surface area contributed by atoms with Crippen molar-refractivity contribution in [3.05, 3.63) is 74.8 Å². The molecule has 0 aliphatic carbocycles. The number of nitrogens with zero attached hydrogens (tertiary/aromatic N) is 1. The molecule has 0 fully saturated rings. The average molecular weight is 363 g/mol. The third-order valence-electron chi connectivity index (χ3n) is 3.27. The summed E-state index contributed by atoms with van der Waals surface area (Å²) < 4.78 is 5.05. The molecule has 130 valence electrons. The minimum absolute atomic E-state index is 0.0158. The van der Waals surface area contributed by atoms with Gasteiger partial charge in [-0.15, -0.1) is 0 Å². The van der Waals surface area contributed by atoms with Crippen LogP contribution >= 0.6 is 11.6 Å². The molecule has 0 bridgehead atoms. The lowest BCUT2D eigenvalue weighted by molar-refractivity contribution is -0.384. The normalized spacial score (nSPS) is 10.1. The Morgan fingerprint density at radius 2 is 1.72 bits per heavy atom. The third-order valence-corrected chi connectivity index (χ3v) is 3.52. The molecular formula is C17H15ClN2O5. The number of nitro groups is 1. The van der Waals surface area contributed by atoms with Crippen LogP contribution in [0.5, 0.6) is 0 Å². The van der Waals surface area contributed by atoms with Crippen molar-refractivity contribution in [2.24, 2.45) is 0 Å². The highest BCUT2D eigenvalue weighted by Crippen LogP contribution is 2.13. The number of amides is 1. The van der Waals surface area contributed by atoms with E-state index in [1.165, 1.54) is 24.3 Å². The lowest BCUT2D eigenvalue weighted by atomic mass is 10.2. The Hall–Kier alpha value is -2.93. The molecule has 0 aliphatic rings. The monoisotopic (exact) mass is 362 g/mol. The van der Waals surface area contributed by atoms with Gasteiger partial charge in [-0.1, -0.05) is 11.6 Å². The van der Waals surface area contributed by atoms with Crippen LogP contribution in [0.1, 0.15) is 22.3 Å². The maximum absolute atomic E-state index is 11.8. The minimum atomic E-state index is -0.501. The molecule has 25 heavy (non-hydrogen) atoms. The fourth-order valence-electron chi connectivity index (χ4n) is 1.93. The molecule has 0 aromatic heterocycles. The molecule has 0 saturated heterocycles. The first kappa shape index (κ1) is 18.4. The number of carbonyl (C=O) groups excluding carboxylic acids is 2. The topological polar surface area (TPSA) is 98.5 Å². The molecule has 0 unspecified atom stereocenters. The van der Waals surface area contributed by atoms with Crippen LogP contribution in [-0.4, -0.2) is 23.3 Å². The Morgan fingerprint density at radius 1 is 1.08 bits per heavy atom. The second-order valence-electron chi connectivity index (χ2n) is 5.10. The summed E-state index contributed by atoms with van der Waals surface area (Å²) in [5.74, 6) is -0.783. The van der Waals surface area contributed by atoms with Crippen molar-refractivity contribution in [2.45, 2.75) is 13.0 Å². The average Bonchev–Trinajstić information content (AvgIpc) is 2.60. The smallest absolute Gasteiger partial charge is 0.307 e. The highest BCUT2D eigenvalue weighted by atomic mass is 35.5. The number of nitro benzene ring substituents is 1. The quantitative estimate of drug-likeness (QED) is 0.463. The molecular weight excluding hydrogens is 348 g/mol. The molecule has 0 saturated carbocycles. The number of rotatable bonds is 7. The van der Waals surface area contributed by atoms with E-state index in [0.717, 1.165) is 0 Å². The predicted molar refractivity (Wildman–Crippen MR) is 91.3 cm³/mol. The first-order chi connectivity index (χ1) is 12.0. The van der Waals surface area contributed by atoms with E-state index < -0.39 is 10.9 Å². The van der Waals surface area contributed by atoms with E-state index in [2.05, 4.69) is 5.32 Å². The summed E-state index contributed by atoms with van der Waals surface area (Å²) in [7, 11) is 0. The number of hydrogen-bond acceptors (Lipinski definition) is 5. The zero-order valence-electron chi connectivity index (χ0n) is 13.1. The lowest BCUT2D eigenvalue weighted by Gasteiger charge is -2.07. The zero-order chi connectivity index (χ0) is 18.2. The van der Waals surface area contributed by atoms with Crippen LogP contribution in [0.2, 0.25) is 5.02 Å². The molecule has 0 radical (unpaired) electrons. The highest BCUT2D eigenvalue weighted by Gasteiger charge is 2.09. The van der Waals surface area contributed by atoms with Crippen molar-refractivity contribution in [3.63, 3.8) is 0 Å². The van der Waals surface area contributed by atoms with E-state index in [-0.39, 0.29) is 31.2 Å². The summed E-state index contributed by atoms with van der Waals surface area (Å²) in [6.07, 6.45) is 0.0201. The first-order valence-electron chi connectivity index (χ1n) is 7.38. The van der Waals surface area contributed by atoms with Gasteiger partial charge in [-0.2, -0.15) is 0 Å². The molecule has 1 N–H and O–H groups in total. The standard InChI is InChI=1S/C17H15ClN2O5/c18-14-5-3-13(4-6-14)17(22)19-10-9-16(21)25-11-12-1-7-15(8-2-12)20(23)24/h1-8H,9-11H2,(H,19,22). The Morgan fingerprint density at radius 3 is 2.32 bits per heavy atom. The van der Waals surface area contributed by atoms with Crippen molar-refractivity contribution < 1.29 is 19.2 Å². The van der Waals surface area contributed by atoms with Crippen LogP contribution in [0, 0.1) is 10.1 Å². The van der Waals surface area contributed by atoms with Gasteiger partial charge in [0.1, 0.15) is 6.61 Å². The minimum Gasteiger partial charge on any atom is -0.461 e. The Bertz CT molecular complexity index is 760. The number of halogens is 1. The molecule has 2 aromatic rings.